The molecule has 0 fully saturated rings. The van der Waals surface area contributed by atoms with Crippen molar-refractivity contribution in [2.75, 3.05) is 12.8 Å². The van der Waals surface area contributed by atoms with E-state index in [-0.39, 0.29) is 17.3 Å². The Hall–Kier alpha value is -1.93. The van der Waals surface area contributed by atoms with Gasteiger partial charge in [-0.3, -0.25) is 9.67 Å². The molecular weight excluding hydrogens is 278 g/mol. The minimum atomic E-state index is -3.67. The van der Waals surface area contributed by atoms with Crippen LogP contribution in [0, 0.1) is 0 Å². The smallest absolute Gasteiger partial charge is 0.248 e. The van der Waals surface area contributed by atoms with Crippen molar-refractivity contribution in [3.8, 4) is 0 Å². The summed E-state index contributed by atoms with van der Waals surface area (Å²) in [6.45, 7) is 2.60. The highest BCUT2D eigenvalue weighted by atomic mass is 32.2. The molecule has 2 aromatic rings. The fourth-order valence-corrected chi connectivity index (χ4v) is 2.95. The van der Waals surface area contributed by atoms with Gasteiger partial charge in [0.25, 0.3) is 0 Å². The average molecular weight is 295 g/mol. The van der Waals surface area contributed by atoms with Crippen LogP contribution in [0.4, 0.5) is 5.82 Å². The van der Waals surface area contributed by atoms with Gasteiger partial charge in [-0.05, 0) is 19.1 Å². The lowest BCUT2D eigenvalue weighted by molar-refractivity contribution is 0.462. The maximum Gasteiger partial charge on any atom is 0.248 e. The Morgan fingerprint density at radius 2 is 2.15 bits per heavy atom. The standard InChI is InChI=1S/C12H17N5O2S/c1-3-17-9-11(12(13)15-17)20(18,19)16(2)8-10-6-4-5-7-14-10/h4-7,9H,3,8H2,1-2H3,(H2,13,15). The minimum absolute atomic E-state index is 0.0136. The third-order valence-corrected chi connectivity index (χ3v) is 4.70. The molecule has 0 aliphatic rings. The summed E-state index contributed by atoms with van der Waals surface area (Å²) >= 11 is 0. The number of rotatable bonds is 5. The number of pyridine rings is 1. The number of sulfonamides is 1. The predicted molar refractivity (Wildman–Crippen MR) is 75.2 cm³/mol. The SMILES string of the molecule is CCn1cc(S(=O)(=O)N(C)Cc2ccccn2)c(N)n1. The third-order valence-electron chi connectivity index (χ3n) is 2.88. The second kappa shape index (κ2) is 5.59. The summed E-state index contributed by atoms with van der Waals surface area (Å²) in [5.74, 6) is 0.0136. The van der Waals surface area contributed by atoms with Crippen LogP contribution in [-0.4, -0.2) is 34.5 Å². The van der Waals surface area contributed by atoms with E-state index in [1.54, 1.807) is 18.3 Å². The monoisotopic (exact) mass is 295 g/mol. The van der Waals surface area contributed by atoms with Gasteiger partial charge in [0.15, 0.2) is 5.82 Å². The molecule has 0 atom stereocenters. The Bertz CT molecular complexity index is 681. The molecule has 8 heteroatoms. The van der Waals surface area contributed by atoms with Gasteiger partial charge >= 0.3 is 0 Å². The van der Waals surface area contributed by atoms with E-state index in [1.807, 2.05) is 13.0 Å². The first-order valence-corrected chi connectivity index (χ1v) is 7.58. The molecule has 0 aromatic carbocycles. The summed E-state index contributed by atoms with van der Waals surface area (Å²) in [6.07, 6.45) is 3.07. The van der Waals surface area contributed by atoms with Crippen LogP contribution in [0.25, 0.3) is 0 Å². The number of hydrogen-bond acceptors (Lipinski definition) is 5. The van der Waals surface area contributed by atoms with Crippen molar-refractivity contribution in [2.45, 2.75) is 24.9 Å². The van der Waals surface area contributed by atoms with Gasteiger partial charge in [0.05, 0.1) is 12.2 Å². The molecule has 2 N–H and O–H groups in total. The topological polar surface area (TPSA) is 94.1 Å². The summed E-state index contributed by atoms with van der Waals surface area (Å²) in [5, 5.41) is 3.96. The van der Waals surface area contributed by atoms with Gasteiger partial charge in [0.2, 0.25) is 10.0 Å². The van der Waals surface area contributed by atoms with Crippen LogP contribution in [0.3, 0.4) is 0 Å². The van der Waals surface area contributed by atoms with Gasteiger partial charge in [-0.1, -0.05) is 6.07 Å². The molecule has 108 valence electrons. The fourth-order valence-electron chi connectivity index (χ4n) is 1.75. The first-order chi connectivity index (χ1) is 9.45. The van der Waals surface area contributed by atoms with Crippen molar-refractivity contribution in [2.24, 2.45) is 0 Å². The van der Waals surface area contributed by atoms with Crippen molar-refractivity contribution < 1.29 is 8.42 Å². The predicted octanol–water partition coefficient (Wildman–Crippen LogP) is 0.701. The van der Waals surface area contributed by atoms with Gasteiger partial charge < -0.3 is 5.73 Å². The Kier molecular flexibility index (Phi) is 4.05. The van der Waals surface area contributed by atoms with E-state index in [2.05, 4.69) is 10.1 Å². The normalized spacial score (nSPS) is 11.9. The van der Waals surface area contributed by atoms with E-state index < -0.39 is 10.0 Å². The van der Waals surface area contributed by atoms with Crippen LogP contribution in [0.1, 0.15) is 12.6 Å². The number of aryl methyl sites for hydroxylation is 1. The minimum Gasteiger partial charge on any atom is -0.381 e. The van der Waals surface area contributed by atoms with Crippen LogP contribution in [0.2, 0.25) is 0 Å². The summed E-state index contributed by atoms with van der Waals surface area (Å²) in [6, 6.07) is 5.36. The molecule has 0 bridgehead atoms. The zero-order chi connectivity index (χ0) is 14.8. The van der Waals surface area contributed by atoms with E-state index >= 15 is 0 Å². The summed E-state index contributed by atoms with van der Waals surface area (Å²) in [5.41, 5.74) is 6.35. The van der Waals surface area contributed by atoms with Crippen LogP contribution in [0.5, 0.6) is 0 Å². The van der Waals surface area contributed by atoms with E-state index in [9.17, 15) is 8.42 Å². The zero-order valence-electron chi connectivity index (χ0n) is 11.4. The van der Waals surface area contributed by atoms with Crippen LogP contribution < -0.4 is 5.73 Å². The zero-order valence-corrected chi connectivity index (χ0v) is 12.2. The molecule has 0 spiro atoms. The maximum atomic E-state index is 12.5. The lowest BCUT2D eigenvalue weighted by Crippen LogP contribution is -2.27. The highest BCUT2D eigenvalue weighted by Crippen LogP contribution is 2.21. The molecule has 0 saturated heterocycles. The quantitative estimate of drug-likeness (QED) is 0.876. The van der Waals surface area contributed by atoms with Gasteiger partial charge in [-0.25, -0.2) is 8.42 Å². The highest BCUT2D eigenvalue weighted by Gasteiger charge is 2.26. The average Bonchev–Trinajstić information content (AvgIpc) is 2.82. The molecular formula is C12H17N5O2S. The van der Waals surface area contributed by atoms with Gasteiger partial charge in [-0.2, -0.15) is 9.40 Å². The fraction of sp³-hybridized carbons (Fsp3) is 0.333. The van der Waals surface area contributed by atoms with Gasteiger partial charge in [0.1, 0.15) is 4.90 Å². The van der Waals surface area contributed by atoms with E-state index in [0.29, 0.717) is 12.2 Å². The lowest BCUT2D eigenvalue weighted by Gasteiger charge is -2.15. The van der Waals surface area contributed by atoms with Crippen molar-refractivity contribution in [1.29, 1.82) is 0 Å². The van der Waals surface area contributed by atoms with Crippen LogP contribution >= 0.6 is 0 Å². The molecule has 7 nitrogen and oxygen atoms in total. The van der Waals surface area contributed by atoms with E-state index in [4.69, 9.17) is 5.73 Å². The van der Waals surface area contributed by atoms with Crippen molar-refractivity contribution >= 4 is 15.8 Å². The number of nitrogen functional groups attached to an aromatic ring is 1. The third kappa shape index (κ3) is 2.81. The Morgan fingerprint density at radius 3 is 2.70 bits per heavy atom. The largest absolute Gasteiger partial charge is 0.381 e. The molecule has 2 aromatic heterocycles. The Balaban J connectivity index is 2.27. The van der Waals surface area contributed by atoms with Crippen molar-refractivity contribution in [1.82, 2.24) is 19.1 Å². The molecule has 0 amide bonds. The number of hydrogen-bond donors (Lipinski definition) is 1. The number of anilines is 1. The van der Waals surface area contributed by atoms with Crippen LogP contribution in [0.15, 0.2) is 35.5 Å². The summed E-state index contributed by atoms with van der Waals surface area (Å²) < 4.78 is 27.6. The first-order valence-electron chi connectivity index (χ1n) is 6.14. The number of nitrogens with two attached hydrogens (primary N) is 1. The number of nitrogens with zero attached hydrogens (tertiary/aromatic N) is 4. The van der Waals surface area contributed by atoms with Crippen molar-refractivity contribution in [3.05, 3.63) is 36.3 Å². The Labute approximate surface area is 118 Å². The van der Waals surface area contributed by atoms with E-state index in [0.717, 1.165) is 0 Å². The van der Waals surface area contributed by atoms with Crippen molar-refractivity contribution in [3.63, 3.8) is 0 Å². The second-order valence-corrected chi connectivity index (χ2v) is 6.33. The van der Waals surface area contributed by atoms with E-state index in [1.165, 1.54) is 22.2 Å². The summed E-state index contributed by atoms with van der Waals surface area (Å²) in [7, 11) is -2.18. The first kappa shape index (κ1) is 14.5. The molecule has 0 aliphatic heterocycles. The summed E-state index contributed by atoms with van der Waals surface area (Å²) in [4.78, 5) is 4.14. The molecule has 0 aliphatic carbocycles. The van der Waals surface area contributed by atoms with Gasteiger partial charge in [-0.15, -0.1) is 0 Å². The highest BCUT2D eigenvalue weighted by molar-refractivity contribution is 7.89. The molecule has 2 heterocycles. The molecule has 0 radical (unpaired) electrons. The second-order valence-electron chi connectivity index (χ2n) is 4.32. The molecule has 0 unspecified atom stereocenters. The lowest BCUT2D eigenvalue weighted by atomic mass is 10.3. The van der Waals surface area contributed by atoms with Crippen LogP contribution in [-0.2, 0) is 23.1 Å². The number of aromatic nitrogens is 3. The molecule has 0 saturated carbocycles. The molecule has 2 rings (SSSR count). The maximum absolute atomic E-state index is 12.5. The molecule has 20 heavy (non-hydrogen) atoms. The van der Waals surface area contributed by atoms with Gasteiger partial charge in [0, 0.05) is 26.0 Å². The Morgan fingerprint density at radius 1 is 1.40 bits per heavy atom.